The van der Waals surface area contributed by atoms with E-state index in [9.17, 15) is 13.2 Å². The van der Waals surface area contributed by atoms with E-state index in [4.69, 9.17) is 0 Å². The maximum Gasteiger partial charge on any atom is 0.232 e. The lowest BCUT2D eigenvalue weighted by molar-refractivity contribution is -0.121. The number of hydrogen-bond donors (Lipinski definition) is 1. The zero-order chi connectivity index (χ0) is 22.4. The highest BCUT2D eigenvalue weighted by Gasteiger charge is 2.20. The molecule has 168 valence electrons. The van der Waals surface area contributed by atoms with Crippen molar-refractivity contribution in [3.05, 3.63) is 59.2 Å². The van der Waals surface area contributed by atoms with Crippen LogP contribution in [0.1, 0.15) is 42.4 Å². The van der Waals surface area contributed by atoms with Gasteiger partial charge in [0.2, 0.25) is 15.9 Å². The smallest absolute Gasteiger partial charge is 0.232 e. The number of benzene rings is 2. The van der Waals surface area contributed by atoms with E-state index in [1.165, 1.54) is 29.1 Å². The average molecular weight is 444 g/mol. The zero-order valence-electron chi connectivity index (χ0n) is 18.7. The Balaban J connectivity index is 1.49. The van der Waals surface area contributed by atoms with Gasteiger partial charge in [0, 0.05) is 38.3 Å². The number of nitrogens with one attached hydrogen (secondary N) is 1. The molecule has 0 aromatic heterocycles. The first-order valence-corrected chi connectivity index (χ1v) is 12.7. The van der Waals surface area contributed by atoms with Crippen LogP contribution >= 0.6 is 0 Å². The van der Waals surface area contributed by atoms with Crippen LogP contribution in [0, 0.1) is 13.8 Å². The second-order valence-electron chi connectivity index (χ2n) is 8.30. The monoisotopic (exact) mass is 443 g/mol. The molecule has 1 N–H and O–H groups in total. The molecule has 31 heavy (non-hydrogen) atoms. The molecule has 0 unspecified atom stereocenters. The second-order valence-corrected chi connectivity index (χ2v) is 10.2. The number of anilines is 2. The molecule has 0 atom stereocenters. The molecule has 0 spiro atoms. The summed E-state index contributed by atoms with van der Waals surface area (Å²) in [5, 5.41) is 2.94. The third-order valence-electron chi connectivity index (χ3n) is 5.91. The van der Waals surface area contributed by atoms with Crippen LogP contribution in [0.5, 0.6) is 0 Å². The van der Waals surface area contributed by atoms with E-state index in [0.29, 0.717) is 18.7 Å². The van der Waals surface area contributed by atoms with Gasteiger partial charge < -0.3 is 10.2 Å². The van der Waals surface area contributed by atoms with Crippen LogP contribution in [0.3, 0.4) is 0 Å². The van der Waals surface area contributed by atoms with Gasteiger partial charge in [-0.2, -0.15) is 0 Å². The zero-order valence-corrected chi connectivity index (χ0v) is 19.5. The second kappa shape index (κ2) is 10.2. The Hall–Kier alpha value is -2.54. The van der Waals surface area contributed by atoms with E-state index in [1.807, 2.05) is 32.0 Å². The highest BCUT2D eigenvalue weighted by Crippen LogP contribution is 2.25. The summed E-state index contributed by atoms with van der Waals surface area (Å²) in [7, 11) is -3.42. The van der Waals surface area contributed by atoms with Crippen LogP contribution in [0.2, 0.25) is 0 Å². The molecule has 0 radical (unpaired) electrons. The largest absolute Gasteiger partial charge is 0.372 e. The number of nitrogens with zero attached hydrogens (tertiary/aromatic N) is 2. The third-order valence-corrected chi connectivity index (χ3v) is 7.09. The van der Waals surface area contributed by atoms with Crippen molar-refractivity contribution < 1.29 is 13.2 Å². The van der Waals surface area contributed by atoms with Gasteiger partial charge in [-0.3, -0.25) is 9.10 Å². The van der Waals surface area contributed by atoms with Gasteiger partial charge in [-0.1, -0.05) is 24.3 Å². The molecule has 7 heteroatoms. The Labute approximate surface area is 186 Å². The van der Waals surface area contributed by atoms with E-state index < -0.39 is 10.0 Å². The van der Waals surface area contributed by atoms with Crippen molar-refractivity contribution in [1.82, 2.24) is 5.32 Å². The number of aryl methyl sites for hydroxylation is 1. The summed E-state index contributed by atoms with van der Waals surface area (Å²) in [4.78, 5) is 14.7. The van der Waals surface area contributed by atoms with Gasteiger partial charge in [0.15, 0.2) is 0 Å². The summed E-state index contributed by atoms with van der Waals surface area (Å²) < 4.78 is 26.1. The lowest BCUT2D eigenvalue weighted by atomic mass is 10.1. The minimum Gasteiger partial charge on any atom is -0.372 e. The highest BCUT2D eigenvalue weighted by atomic mass is 32.2. The summed E-state index contributed by atoms with van der Waals surface area (Å²) in [6, 6.07) is 14.0. The van der Waals surface area contributed by atoms with Crippen molar-refractivity contribution in [2.45, 2.75) is 46.1 Å². The van der Waals surface area contributed by atoms with E-state index in [2.05, 4.69) is 34.5 Å². The van der Waals surface area contributed by atoms with Crippen molar-refractivity contribution in [3.63, 3.8) is 0 Å². The van der Waals surface area contributed by atoms with E-state index >= 15 is 0 Å². The van der Waals surface area contributed by atoms with Gasteiger partial charge in [0.1, 0.15) is 0 Å². The molecule has 2 aromatic carbocycles. The fourth-order valence-corrected chi connectivity index (χ4v) is 4.96. The highest BCUT2D eigenvalue weighted by molar-refractivity contribution is 7.92. The van der Waals surface area contributed by atoms with Crippen LogP contribution in [0.4, 0.5) is 11.4 Å². The van der Waals surface area contributed by atoms with E-state index in [0.717, 1.165) is 29.8 Å². The fraction of sp³-hybridized carbons (Fsp3) is 0.458. The lowest BCUT2D eigenvalue weighted by Gasteiger charge is -2.24. The Morgan fingerprint density at radius 1 is 1.06 bits per heavy atom. The molecule has 2 aromatic rings. The van der Waals surface area contributed by atoms with Crippen molar-refractivity contribution in [3.8, 4) is 0 Å². The summed E-state index contributed by atoms with van der Waals surface area (Å²) in [6.07, 6.45) is 4.44. The Bertz CT molecular complexity index is 997. The number of sulfonamides is 1. The van der Waals surface area contributed by atoms with Gasteiger partial charge in [0.25, 0.3) is 0 Å². The average Bonchev–Trinajstić information content (AvgIpc) is 3.26. The molecule has 1 saturated heterocycles. The van der Waals surface area contributed by atoms with Crippen molar-refractivity contribution >= 4 is 27.3 Å². The standard InChI is InChI=1S/C24H33N3O3S/c1-19-8-6-9-23(20(19)2)27(31(3,29)30)17-7-10-24(28)25-18-21-11-13-22(14-12-21)26-15-4-5-16-26/h6,8-9,11-14H,4-5,7,10,15-18H2,1-3H3,(H,25,28). The minimum absolute atomic E-state index is 0.0713. The Kier molecular flexibility index (Phi) is 7.59. The van der Waals surface area contributed by atoms with Crippen molar-refractivity contribution in [2.75, 3.05) is 35.1 Å². The quantitative estimate of drug-likeness (QED) is 0.641. The molecule has 3 rings (SSSR count). The predicted molar refractivity (Wildman–Crippen MR) is 127 cm³/mol. The molecular weight excluding hydrogens is 410 g/mol. The molecule has 1 aliphatic heterocycles. The van der Waals surface area contributed by atoms with E-state index in [1.54, 1.807) is 0 Å². The predicted octanol–water partition coefficient (Wildman–Crippen LogP) is 3.77. The molecule has 6 nitrogen and oxygen atoms in total. The normalized spacial score (nSPS) is 14.0. The first-order valence-electron chi connectivity index (χ1n) is 10.9. The molecule has 1 fully saturated rings. The molecule has 0 saturated carbocycles. The van der Waals surface area contributed by atoms with Crippen molar-refractivity contribution in [1.29, 1.82) is 0 Å². The van der Waals surface area contributed by atoms with Crippen molar-refractivity contribution in [2.24, 2.45) is 0 Å². The fourth-order valence-electron chi connectivity index (χ4n) is 3.94. The van der Waals surface area contributed by atoms with Crippen LogP contribution in [0.15, 0.2) is 42.5 Å². The number of carbonyl (C=O) groups is 1. The minimum atomic E-state index is -3.42. The summed E-state index contributed by atoms with van der Waals surface area (Å²) in [6.45, 7) is 6.87. The maximum absolute atomic E-state index is 12.3. The number of amides is 1. The molecule has 1 heterocycles. The van der Waals surface area contributed by atoms with Crippen LogP contribution in [-0.4, -0.2) is 40.2 Å². The SMILES string of the molecule is Cc1cccc(N(CCCC(=O)NCc2ccc(N3CCCC3)cc2)S(C)(=O)=O)c1C. The summed E-state index contributed by atoms with van der Waals surface area (Å²) in [5.41, 5.74) is 4.96. The number of rotatable bonds is 9. The Morgan fingerprint density at radius 2 is 1.74 bits per heavy atom. The van der Waals surface area contributed by atoms with Gasteiger partial charge in [-0.05, 0) is 68.0 Å². The number of carbonyl (C=O) groups excluding carboxylic acids is 1. The van der Waals surface area contributed by atoms with Crippen LogP contribution in [0.25, 0.3) is 0 Å². The lowest BCUT2D eigenvalue weighted by Crippen LogP contribution is -2.32. The molecule has 1 amide bonds. The maximum atomic E-state index is 12.3. The van der Waals surface area contributed by atoms with Gasteiger partial charge in [0.05, 0.1) is 11.9 Å². The Morgan fingerprint density at radius 3 is 2.39 bits per heavy atom. The third kappa shape index (κ3) is 6.23. The van der Waals surface area contributed by atoms with Gasteiger partial charge in [-0.25, -0.2) is 8.42 Å². The first kappa shape index (κ1) is 23.1. The van der Waals surface area contributed by atoms with Gasteiger partial charge >= 0.3 is 0 Å². The first-order chi connectivity index (χ1) is 14.8. The van der Waals surface area contributed by atoms with E-state index in [-0.39, 0.29) is 18.9 Å². The molecule has 1 aliphatic rings. The number of hydrogen-bond acceptors (Lipinski definition) is 4. The summed E-state index contributed by atoms with van der Waals surface area (Å²) >= 11 is 0. The molecular formula is C24H33N3O3S. The topological polar surface area (TPSA) is 69.7 Å². The molecule has 0 aliphatic carbocycles. The molecule has 0 bridgehead atoms. The van der Waals surface area contributed by atoms with Crippen LogP contribution < -0.4 is 14.5 Å². The van der Waals surface area contributed by atoms with Crippen LogP contribution in [-0.2, 0) is 21.4 Å². The van der Waals surface area contributed by atoms with Gasteiger partial charge in [-0.15, -0.1) is 0 Å². The summed E-state index contributed by atoms with van der Waals surface area (Å²) in [5.74, 6) is -0.0713.